The number of hydrogen-bond acceptors (Lipinski definition) is 5. The molecule has 0 aromatic carbocycles. The number of carbonyl (C=O) groups is 1. The van der Waals surface area contributed by atoms with Gasteiger partial charge < -0.3 is 15.3 Å². The first-order chi connectivity index (χ1) is 10.1. The fourth-order valence-electron chi connectivity index (χ4n) is 2.66. The summed E-state index contributed by atoms with van der Waals surface area (Å²) < 4.78 is 0. The number of aromatic nitrogens is 2. The molecule has 0 saturated heterocycles. The third-order valence-corrected chi connectivity index (χ3v) is 3.92. The molecule has 1 fully saturated rings. The quantitative estimate of drug-likeness (QED) is 0.795. The van der Waals surface area contributed by atoms with Gasteiger partial charge in [-0.15, -0.1) is 0 Å². The summed E-state index contributed by atoms with van der Waals surface area (Å²) in [5.41, 5.74) is -0.742. The Kier molecular flexibility index (Phi) is 5.50. The first-order valence-electron chi connectivity index (χ1n) is 7.56. The molecule has 0 bridgehead atoms. The van der Waals surface area contributed by atoms with Crippen molar-refractivity contribution in [2.24, 2.45) is 0 Å². The highest BCUT2D eigenvalue weighted by atomic mass is 16.3. The first-order valence-corrected chi connectivity index (χ1v) is 7.56. The van der Waals surface area contributed by atoms with Crippen molar-refractivity contribution in [3.63, 3.8) is 0 Å². The molecule has 1 saturated carbocycles. The average Bonchev–Trinajstić information content (AvgIpc) is 2.71. The molecule has 0 spiro atoms. The standard InChI is InChI=1S/C15H24N4O2/c1-19(14-16-9-6-10-17-14)11-13(20)18-12-15(21)7-4-2-3-5-8-15/h6,9-10,21H,2-5,7-8,11-12H2,1H3,(H,18,20). The van der Waals surface area contributed by atoms with Crippen molar-refractivity contribution in [2.45, 2.75) is 44.1 Å². The minimum absolute atomic E-state index is 0.123. The van der Waals surface area contributed by atoms with Gasteiger partial charge in [-0.05, 0) is 18.9 Å². The SMILES string of the molecule is CN(CC(=O)NCC1(O)CCCCCC1)c1ncccn1. The molecular formula is C15H24N4O2. The molecule has 0 aliphatic heterocycles. The maximum atomic E-state index is 12.0. The van der Waals surface area contributed by atoms with Crippen LogP contribution in [0, 0.1) is 0 Å². The van der Waals surface area contributed by atoms with Crippen molar-refractivity contribution in [2.75, 3.05) is 25.0 Å². The van der Waals surface area contributed by atoms with Crippen LogP contribution in [-0.4, -0.2) is 46.7 Å². The van der Waals surface area contributed by atoms with Gasteiger partial charge in [-0.3, -0.25) is 4.79 Å². The number of nitrogens with one attached hydrogen (secondary N) is 1. The lowest BCUT2D eigenvalue weighted by Gasteiger charge is -2.27. The average molecular weight is 292 g/mol. The molecule has 2 N–H and O–H groups in total. The van der Waals surface area contributed by atoms with E-state index < -0.39 is 5.60 Å². The third-order valence-electron chi connectivity index (χ3n) is 3.92. The second-order valence-electron chi connectivity index (χ2n) is 5.82. The topological polar surface area (TPSA) is 78.4 Å². The predicted octanol–water partition coefficient (Wildman–Crippen LogP) is 1.11. The van der Waals surface area contributed by atoms with Gasteiger partial charge in [-0.25, -0.2) is 9.97 Å². The van der Waals surface area contributed by atoms with Crippen LogP contribution in [0.15, 0.2) is 18.5 Å². The third kappa shape index (κ3) is 4.97. The molecule has 1 heterocycles. The summed E-state index contributed by atoms with van der Waals surface area (Å²) in [5, 5.41) is 13.3. The molecule has 1 aromatic rings. The molecule has 21 heavy (non-hydrogen) atoms. The molecule has 2 rings (SSSR count). The normalized spacial score (nSPS) is 17.8. The smallest absolute Gasteiger partial charge is 0.239 e. The van der Waals surface area contributed by atoms with Gasteiger partial charge in [-0.2, -0.15) is 0 Å². The van der Waals surface area contributed by atoms with Crippen LogP contribution < -0.4 is 10.2 Å². The van der Waals surface area contributed by atoms with Gasteiger partial charge in [-0.1, -0.05) is 25.7 Å². The summed E-state index contributed by atoms with van der Waals surface area (Å²) in [7, 11) is 1.77. The molecule has 0 unspecified atom stereocenters. The summed E-state index contributed by atoms with van der Waals surface area (Å²) >= 11 is 0. The zero-order chi connectivity index (χ0) is 15.1. The van der Waals surface area contributed by atoms with E-state index >= 15 is 0 Å². The van der Waals surface area contributed by atoms with Crippen molar-refractivity contribution in [3.8, 4) is 0 Å². The first kappa shape index (κ1) is 15.7. The summed E-state index contributed by atoms with van der Waals surface area (Å²) in [6, 6.07) is 1.74. The van der Waals surface area contributed by atoms with Crippen LogP contribution in [0.25, 0.3) is 0 Å². The molecule has 1 aliphatic rings. The zero-order valence-electron chi connectivity index (χ0n) is 12.6. The van der Waals surface area contributed by atoms with Crippen LogP contribution >= 0.6 is 0 Å². The highest BCUT2D eigenvalue weighted by Gasteiger charge is 2.28. The fourth-order valence-corrected chi connectivity index (χ4v) is 2.66. The fraction of sp³-hybridized carbons (Fsp3) is 0.667. The van der Waals surface area contributed by atoms with E-state index in [4.69, 9.17) is 0 Å². The van der Waals surface area contributed by atoms with E-state index in [-0.39, 0.29) is 12.5 Å². The highest BCUT2D eigenvalue weighted by molar-refractivity contribution is 5.80. The Hall–Kier alpha value is -1.69. The summed E-state index contributed by atoms with van der Waals surface area (Å²) in [6.07, 6.45) is 9.23. The summed E-state index contributed by atoms with van der Waals surface area (Å²) in [6.45, 7) is 0.509. The number of anilines is 1. The molecule has 1 aliphatic carbocycles. The Morgan fingerprint density at radius 2 is 1.90 bits per heavy atom. The van der Waals surface area contributed by atoms with Gasteiger partial charge in [0.1, 0.15) is 0 Å². The molecule has 1 amide bonds. The number of carbonyl (C=O) groups excluding carboxylic acids is 1. The molecule has 6 nitrogen and oxygen atoms in total. The lowest BCUT2D eigenvalue weighted by molar-refractivity contribution is -0.121. The number of rotatable bonds is 5. The molecule has 0 atom stereocenters. The van der Waals surface area contributed by atoms with Gasteiger partial charge in [0.05, 0.1) is 12.1 Å². The monoisotopic (exact) mass is 292 g/mol. The van der Waals surface area contributed by atoms with Crippen LogP contribution in [0.4, 0.5) is 5.95 Å². The maximum Gasteiger partial charge on any atom is 0.239 e. The van der Waals surface area contributed by atoms with Gasteiger partial charge in [0.15, 0.2) is 0 Å². The van der Waals surface area contributed by atoms with Gasteiger partial charge >= 0.3 is 0 Å². The van der Waals surface area contributed by atoms with E-state index in [9.17, 15) is 9.90 Å². The Morgan fingerprint density at radius 3 is 2.52 bits per heavy atom. The van der Waals surface area contributed by atoms with Gasteiger partial charge in [0.2, 0.25) is 11.9 Å². The molecular weight excluding hydrogens is 268 g/mol. The van der Waals surface area contributed by atoms with Gasteiger partial charge in [0.25, 0.3) is 0 Å². The Morgan fingerprint density at radius 1 is 1.29 bits per heavy atom. The minimum Gasteiger partial charge on any atom is -0.388 e. The number of hydrogen-bond donors (Lipinski definition) is 2. The second kappa shape index (κ2) is 7.36. The van der Waals surface area contributed by atoms with Crippen LogP contribution in [0.2, 0.25) is 0 Å². The minimum atomic E-state index is -0.742. The van der Waals surface area contributed by atoms with Crippen molar-refractivity contribution >= 4 is 11.9 Å². The molecule has 116 valence electrons. The number of aliphatic hydroxyl groups is 1. The Balaban J connectivity index is 1.79. The number of nitrogens with zero attached hydrogens (tertiary/aromatic N) is 3. The molecule has 0 radical (unpaired) electrons. The summed E-state index contributed by atoms with van der Waals surface area (Å²) in [4.78, 5) is 21.9. The van der Waals surface area contributed by atoms with Crippen LogP contribution in [0.5, 0.6) is 0 Å². The van der Waals surface area contributed by atoms with Crippen molar-refractivity contribution < 1.29 is 9.90 Å². The van der Waals surface area contributed by atoms with E-state index in [1.54, 1.807) is 30.4 Å². The Labute approximate surface area is 125 Å². The van der Waals surface area contributed by atoms with Crippen molar-refractivity contribution in [1.82, 2.24) is 15.3 Å². The summed E-state index contributed by atoms with van der Waals surface area (Å²) in [5.74, 6) is 0.392. The van der Waals surface area contributed by atoms with Gasteiger partial charge in [0, 0.05) is 26.0 Å². The predicted molar refractivity (Wildman–Crippen MR) is 81.0 cm³/mol. The number of amides is 1. The lowest BCUT2D eigenvalue weighted by Crippen LogP contribution is -2.45. The molecule has 6 heteroatoms. The largest absolute Gasteiger partial charge is 0.388 e. The van der Waals surface area contributed by atoms with Crippen molar-refractivity contribution in [3.05, 3.63) is 18.5 Å². The van der Waals surface area contributed by atoms with E-state index in [1.807, 2.05) is 0 Å². The van der Waals surface area contributed by atoms with E-state index in [2.05, 4.69) is 15.3 Å². The van der Waals surface area contributed by atoms with E-state index in [1.165, 1.54) is 12.8 Å². The Bertz CT molecular complexity index is 444. The number of likely N-dealkylation sites (N-methyl/N-ethyl adjacent to an activating group) is 1. The van der Waals surface area contributed by atoms with Crippen molar-refractivity contribution in [1.29, 1.82) is 0 Å². The zero-order valence-corrected chi connectivity index (χ0v) is 12.6. The van der Waals surface area contributed by atoms with E-state index in [0.29, 0.717) is 12.5 Å². The maximum absolute atomic E-state index is 12.0. The van der Waals surface area contributed by atoms with Crippen LogP contribution in [-0.2, 0) is 4.79 Å². The van der Waals surface area contributed by atoms with Crippen LogP contribution in [0.1, 0.15) is 38.5 Å². The second-order valence-corrected chi connectivity index (χ2v) is 5.82. The lowest BCUT2D eigenvalue weighted by atomic mass is 9.94. The molecule has 1 aromatic heterocycles. The van der Waals surface area contributed by atoms with E-state index in [0.717, 1.165) is 25.7 Å². The highest BCUT2D eigenvalue weighted by Crippen LogP contribution is 2.26. The van der Waals surface area contributed by atoms with Crippen LogP contribution in [0.3, 0.4) is 0 Å².